The van der Waals surface area contributed by atoms with Gasteiger partial charge in [-0.25, -0.2) is 0 Å². The first kappa shape index (κ1) is 8.75. The molecule has 0 fully saturated rings. The van der Waals surface area contributed by atoms with Gasteiger partial charge in [0.15, 0.2) is 0 Å². The van der Waals surface area contributed by atoms with Crippen molar-refractivity contribution in [3.63, 3.8) is 0 Å². The van der Waals surface area contributed by atoms with Crippen molar-refractivity contribution >= 4 is 33.8 Å². The number of carbonyl (C=O) groups is 1. The van der Waals surface area contributed by atoms with Gasteiger partial charge < -0.3 is 0 Å². The Bertz CT molecular complexity index is 273. The molecule has 0 aromatic heterocycles. The summed E-state index contributed by atoms with van der Waals surface area (Å²) in [6, 6.07) is 5.41. The van der Waals surface area contributed by atoms with Gasteiger partial charge in [-0.2, -0.15) is 0 Å². The van der Waals surface area contributed by atoms with Crippen molar-refractivity contribution in [2.45, 2.75) is 5.88 Å². The molecule has 0 spiro atoms. The maximum absolute atomic E-state index is 10.4. The van der Waals surface area contributed by atoms with Gasteiger partial charge in [0.05, 0.1) is 0 Å². The molecule has 1 aromatic carbocycles. The Morgan fingerprint density at radius 2 is 2.18 bits per heavy atom. The summed E-state index contributed by atoms with van der Waals surface area (Å²) < 4.78 is 0.887. The van der Waals surface area contributed by atoms with E-state index in [9.17, 15) is 4.79 Å². The Hall–Kier alpha value is -0.340. The average molecular weight is 233 g/mol. The Morgan fingerprint density at radius 1 is 1.45 bits per heavy atom. The van der Waals surface area contributed by atoms with Gasteiger partial charge in [0.2, 0.25) is 0 Å². The molecule has 0 bridgehead atoms. The third kappa shape index (κ3) is 2.31. The van der Waals surface area contributed by atoms with E-state index in [0.717, 1.165) is 16.3 Å². The van der Waals surface area contributed by atoms with E-state index in [-0.39, 0.29) is 0 Å². The topological polar surface area (TPSA) is 17.1 Å². The van der Waals surface area contributed by atoms with Crippen LogP contribution < -0.4 is 0 Å². The van der Waals surface area contributed by atoms with Crippen LogP contribution in [0.5, 0.6) is 0 Å². The van der Waals surface area contributed by atoms with Gasteiger partial charge in [0, 0.05) is 15.9 Å². The minimum atomic E-state index is 0.431. The van der Waals surface area contributed by atoms with Gasteiger partial charge in [-0.3, -0.25) is 4.79 Å². The van der Waals surface area contributed by atoms with Crippen LogP contribution in [0, 0.1) is 0 Å². The van der Waals surface area contributed by atoms with E-state index >= 15 is 0 Å². The van der Waals surface area contributed by atoms with E-state index in [1.54, 1.807) is 12.1 Å². The van der Waals surface area contributed by atoms with E-state index in [1.165, 1.54) is 0 Å². The maximum Gasteiger partial charge on any atom is 0.150 e. The molecule has 0 aliphatic rings. The van der Waals surface area contributed by atoms with E-state index in [2.05, 4.69) is 15.9 Å². The SMILES string of the molecule is O=Cc1cc(Br)cc(CCl)c1. The van der Waals surface area contributed by atoms with Crippen molar-refractivity contribution in [2.75, 3.05) is 0 Å². The second-order valence-corrected chi connectivity index (χ2v) is 3.33. The van der Waals surface area contributed by atoms with Gasteiger partial charge in [-0.05, 0) is 23.8 Å². The number of hydrogen-bond acceptors (Lipinski definition) is 1. The highest BCUT2D eigenvalue weighted by Crippen LogP contribution is 2.15. The molecule has 0 N–H and O–H groups in total. The predicted molar refractivity (Wildman–Crippen MR) is 49.1 cm³/mol. The molecule has 0 amide bonds. The summed E-state index contributed by atoms with van der Waals surface area (Å²) in [6.45, 7) is 0. The highest BCUT2D eigenvalue weighted by molar-refractivity contribution is 9.10. The number of benzene rings is 1. The number of alkyl halides is 1. The van der Waals surface area contributed by atoms with Crippen molar-refractivity contribution in [3.8, 4) is 0 Å². The number of carbonyl (C=O) groups excluding carboxylic acids is 1. The van der Waals surface area contributed by atoms with Gasteiger partial charge in [-0.1, -0.05) is 15.9 Å². The monoisotopic (exact) mass is 232 g/mol. The lowest BCUT2D eigenvalue weighted by Crippen LogP contribution is -1.84. The predicted octanol–water partition coefficient (Wildman–Crippen LogP) is 3.00. The zero-order valence-corrected chi connectivity index (χ0v) is 8.02. The molecule has 58 valence electrons. The van der Waals surface area contributed by atoms with E-state index in [4.69, 9.17) is 11.6 Å². The summed E-state index contributed by atoms with van der Waals surface area (Å²) in [7, 11) is 0. The number of aldehydes is 1. The van der Waals surface area contributed by atoms with Crippen molar-refractivity contribution in [1.82, 2.24) is 0 Å². The third-order valence-electron chi connectivity index (χ3n) is 1.27. The van der Waals surface area contributed by atoms with Gasteiger partial charge in [-0.15, -0.1) is 11.6 Å². The molecule has 0 aliphatic carbocycles. The molecule has 0 radical (unpaired) electrons. The molecule has 0 atom stereocenters. The van der Waals surface area contributed by atoms with E-state index < -0.39 is 0 Å². The van der Waals surface area contributed by atoms with Crippen LogP contribution in [0.15, 0.2) is 22.7 Å². The molecule has 0 unspecified atom stereocenters. The zero-order valence-electron chi connectivity index (χ0n) is 5.68. The van der Waals surface area contributed by atoms with E-state index in [1.807, 2.05) is 6.07 Å². The minimum absolute atomic E-state index is 0.431. The normalized spacial score (nSPS) is 9.64. The zero-order chi connectivity index (χ0) is 8.27. The molecular formula is C8H6BrClO. The molecule has 0 aliphatic heterocycles. The van der Waals surface area contributed by atoms with Crippen LogP contribution in [0.3, 0.4) is 0 Å². The van der Waals surface area contributed by atoms with Crippen LogP contribution in [0.1, 0.15) is 15.9 Å². The molecule has 0 saturated carbocycles. The van der Waals surface area contributed by atoms with Gasteiger partial charge >= 0.3 is 0 Å². The summed E-state index contributed by atoms with van der Waals surface area (Å²) in [5, 5.41) is 0. The molecule has 1 aromatic rings. The molecule has 11 heavy (non-hydrogen) atoms. The van der Waals surface area contributed by atoms with Crippen LogP contribution in [0.4, 0.5) is 0 Å². The van der Waals surface area contributed by atoms with Crippen LogP contribution >= 0.6 is 27.5 Å². The molecule has 1 nitrogen and oxygen atoms in total. The standard InChI is InChI=1S/C8H6BrClO/c9-8-2-6(4-10)1-7(3-8)5-11/h1-3,5H,4H2. The second-order valence-electron chi connectivity index (χ2n) is 2.14. The molecule has 0 saturated heterocycles. The Labute approximate surface area is 78.5 Å². The minimum Gasteiger partial charge on any atom is -0.298 e. The van der Waals surface area contributed by atoms with Gasteiger partial charge in [0.25, 0.3) is 0 Å². The smallest absolute Gasteiger partial charge is 0.150 e. The molecule has 1 rings (SSSR count). The first-order valence-corrected chi connectivity index (χ1v) is 4.39. The fourth-order valence-corrected chi connectivity index (χ4v) is 1.53. The summed E-state index contributed by atoms with van der Waals surface area (Å²) in [5.74, 6) is 0.431. The quantitative estimate of drug-likeness (QED) is 0.567. The van der Waals surface area contributed by atoms with E-state index in [0.29, 0.717) is 11.4 Å². The Kier molecular flexibility index (Phi) is 3.09. The number of hydrogen-bond donors (Lipinski definition) is 0. The van der Waals surface area contributed by atoms with Crippen molar-refractivity contribution in [2.24, 2.45) is 0 Å². The van der Waals surface area contributed by atoms with Crippen molar-refractivity contribution in [1.29, 1.82) is 0 Å². The second kappa shape index (κ2) is 3.88. The third-order valence-corrected chi connectivity index (χ3v) is 2.04. The fourth-order valence-electron chi connectivity index (χ4n) is 0.821. The summed E-state index contributed by atoms with van der Waals surface area (Å²) >= 11 is 8.87. The summed E-state index contributed by atoms with van der Waals surface area (Å²) in [4.78, 5) is 10.4. The summed E-state index contributed by atoms with van der Waals surface area (Å²) in [5.41, 5.74) is 1.60. The largest absolute Gasteiger partial charge is 0.298 e. The van der Waals surface area contributed by atoms with Crippen LogP contribution in [-0.2, 0) is 5.88 Å². The van der Waals surface area contributed by atoms with Crippen LogP contribution in [-0.4, -0.2) is 6.29 Å². The van der Waals surface area contributed by atoms with Crippen LogP contribution in [0.25, 0.3) is 0 Å². The highest BCUT2D eigenvalue weighted by atomic mass is 79.9. The van der Waals surface area contributed by atoms with Crippen molar-refractivity contribution < 1.29 is 4.79 Å². The lowest BCUT2D eigenvalue weighted by Gasteiger charge is -1.97. The molecule has 3 heteroatoms. The first-order valence-electron chi connectivity index (χ1n) is 3.07. The lowest BCUT2D eigenvalue weighted by atomic mass is 10.2. The lowest BCUT2D eigenvalue weighted by molar-refractivity contribution is 0.112. The number of halogens is 2. The average Bonchev–Trinajstić information content (AvgIpc) is 2.03. The van der Waals surface area contributed by atoms with Crippen molar-refractivity contribution in [3.05, 3.63) is 33.8 Å². The Morgan fingerprint density at radius 3 is 2.73 bits per heavy atom. The summed E-state index contributed by atoms with van der Waals surface area (Å²) in [6.07, 6.45) is 0.806. The maximum atomic E-state index is 10.4. The highest BCUT2D eigenvalue weighted by Gasteiger charge is 1.96. The fraction of sp³-hybridized carbons (Fsp3) is 0.125. The van der Waals surface area contributed by atoms with Gasteiger partial charge in [0.1, 0.15) is 6.29 Å². The Balaban J connectivity index is 3.11. The van der Waals surface area contributed by atoms with Crippen LogP contribution in [0.2, 0.25) is 0 Å². The number of rotatable bonds is 2. The first-order chi connectivity index (χ1) is 5.26. The molecular weight excluding hydrogens is 227 g/mol. The molecule has 0 heterocycles.